The second-order valence-electron chi connectivity index (χ2n) is 8.55. The van der Waals surface area contributed by atoms with Crippen molar-refractivity contribution in [1.82, 2.24) is 13.7 Å². The molecule has 0 amide bonds. The van der Waals surface area contributed by atoms with Gasteiger partial charge in [-0.15, -0.1) is 0 Å². The summed E-state index contributed by atoms with van der Waals surface area (Å²) in [5.41, 5.74) is 1.78. The summed E-state index contributed by atoms with van der Waals surface area (Å²) in [6.07, 6.45) is 1.57. The van der Waals surface area contributed by atoms with E-state index in [1.165, 1.54) is 19.8 Å². The van der Waals surface area contributed by atoms with Crippen LogP contribution in [0.5, 0.6) is 0 Å². The maximum atomic E-state index is 13.7. The number of anilines is 3. The molecule has 1 aliphatic carbocycles. The van der Waals surface area contributed by atoms with Crippen LogP contribution in [0.15, 0.2) is 75.0 Å². The number of pyridine rings is 1. The van der Waals surface area contributed by atoms with E-state index in [9.17, 15) is 14.4 Å². The van der Waals surface area contributed by atoms with Gasteiger partial charge in [0.25, 0.3) is 11.1 Å². The van der Waals surface area contributed by atoms with E-state index in [2.05, 4.69) is 5.32 Å². The molecule has 1 aliphatic rings. The third-order valence-electron chi connectivity index (χ3n) is 6.03. The molecular formula is C25H25N5O3. The monoisotopic (exact) mass is 443 g/mol. The number of benzene rings is 2. The van der Waals surface area contributed by atoms with Gasteiger partial charge in [0.05, 0.1) is 22.7 Å². The van der Waals surface area contributed by atoms with Crippen molar-refractivity contribution in [3.8, 4) is 5.69 Å². The van der Waals surface area contributed by atoms with Crippen molar-refractivity contribution in [2.24, 2.45) is 7.05 Å². The zero-order chi connectivity index (χ0) is 23.3. The summed E-state index contributed by atoms with van der Waals surface area (Å²) in [7, 11) is 5.44. The normalized spacial score (nSPS) is 13.3. The van der Waals surface area contributed by atoms with Gasteiger partial charge >= 0.3 is 5.69 Å². The molecule has 0 unspecified atom stereocenters. The molecule has 1 saturated carbocycles. The average molecular weight is 444 g/mol. The lowest BCUT2D eigenvalue weighted by Crippen LogP contribution is -2.41. The summed E-state index contributed by atoms with van der Waals surface area (Å²) in [6, 6.07) is 18.1. The Bertz CT molecular complexity index is 1540. The summed E-state index contributed by atoms with van der Waals surface area (Å²) in [6.45, 7) is 0. The summed E-state index contributed by atoms with van der Waals surface area (Å²) in [5.74, 6) is 0. The van der Waals surface area contributed by atoms with Crippen molar-refractivity contribution in [3.63, 3.8) is 0 Å². The van der Waals surface area contributed by atoms with Crippen LogP contribution in [0.2, 0.25) is 0 Å². The molecule has 1 N–H and O–H groups in total. The van der Waals surface area contributed by atoms with Crippen LogP contribution in [0, 0.1) is 0 Å². The molecule has 2 aromatic heterocycles. The molecule has 5 rings (SSSR count). The molecule has 33 heavy (non-hydrogen) atoms. The maximum absolute atomic E-state index is 13.7. The van der Waals surface area contributed by atoms with Crippen LogP contribution in [0.4, 0.5) is 17.1 Å². The number of nitrogens with zero attached hydrogens (tertiary/aromatic N) is 4. The summed E-state index contributed by atoms with van der Waals surface area (Å²) in [5, 5.41) is 3.61. The zero-order valence-corrected chi connectivity index (χ0v) is 18.8. The number of aryl methyl sites for hydroxylation is 1. The Kier molecular flexibility index (Phi) is 4.92. The number of aromatic nitrogens is 3. The molecule has 0 radical (unpaired) electrons. The quantitative estimate of drug-likeness (QED) is 0.513. The van der Waals surface area contributed by atoms with E-state index in [1.54, 1.807) is 19.2 Å². The third kappa shape index (κ3) is 3.44. The van der Waals surface area contributed by atoms with Gasteiger partial charge in [0.1, 0.15) is 11.0 Å². The van der Waals surface area contributed by atoms with Crippen LogP contribution in [0.25, 0.3) is 16.7 Å². The van der Waals surface area contributed by atoms with Crippen molar-refractivity contribution in [1.29, 1.82) is 0 Å². The largest absolute Gasteiger partial charge is 0.376 e. The van der Waals surface area contributed by atoms with E-state index in [0.717, 1.165) is 24.2 Å². The van der Waals surface area contributed by atoms with Crippen molar-refractivity contribution in [2.45, 2.75) is 18.9 Å². The van der Waals surface area contributed by atoms with E-state index in [-0.39, 0.29) is 22.8 Å². The van der Waals surface area contributed by atoms with Crippen molar-refractivity contribution >= 4 is 28.1 Å². The second kappa shape index (κ2) is 7.81. The number of nitrogens with one attached hydrogen (secondary N) is 1. The minimum Gasteiger partial charge on any atom is -0.376 e. The van der Waals surface area contributed by atoms with E-state index in [4.69, 9.17) is 0 Å². The van der Waals surface area contributed by atoms with Gasteiger partial charge < -0.3 is 10.2 Å². The average Bonchev–Trinajstić information content (AvgIpc) is 3.63. The van der Waals surface area contributed by atoms with E-state index < -0.39 is 5.69 Å². The number of rotatable bonds is 5. The van der Waals surface area contributed by atoms with Gasteiger partial charge in [-0.05, 0) is 37.1 Å². The fourth-order valence-electron chi connectivity index (χ4n) is 4.24. The molecule has 0 aliphatic heterocycles. The lowest BCUT2D eigenvalue weighted by Gasteiger charge is -2.21. The molecule has 8 heteroatoms. The Morgan fingerprint density at radius 1 is 0.909 bits per heavy atom. The fourth-order valence-corrected chi connectivity index (χ4v) is 4.24. The minimum atomic E-state index is -0.429. The molecule has 0 atom stereocenters. The molecule has 8 nitrogen and oxygen atoms in total. The first-order valence-electron chi connectivity index (χ1n) is 10.9. The highest BCUT2D eigenvalue weighted by Crippen LogP contribution is 2.34. The molecule has 0 bridgehead atoms. The van der Waals surface area contributed by atoms with Crippen LogP contribution in [-0.2, 0) is 7.05 Å². The molecule has 2 aromatic carbocycles. The standard InChI is InChI=1S/C25H25N5O3/c1-27(2)20-12-8-7-11-18(20)26-19-15-21(31)28(3)23-22(19)24(32)30(17-13-14-17)25(33)29(23)16-9-5-4-6-10-16/h4-12,15,17,26H,13-14H2,1-3H3. The van der Waals surface area contributed by atoms with Crippen LogP contribution in [0.1, 0.15) is 18.9 Å². The van der Waals surface area contributed by atoms with Gasteiger partial charge in [-0.1, -0.05) is 30.3 Å². The van der Waals surface area contributed by atoms with E-state index in [0.29, 0.717) is 16.8 Å². The van der Waals surface area contributed by atoms with Crippen molar-refractivity contribution in [2.75, 3.05) is 24.3 Å². The lowest BCUT2D eigenvalue weighted by molar-refractivity contribution is 0.637. The molecule has 1 fully saturated rings. The lowest BCUT2D eigenvalue weighted by atomic mass is 10.2. The molecule has 0 spiro atoms. The second-order valence-corrected chi connectivity index (χ2v) is 8.55. The van der Waals surface area contributed by atoms with Crippen LogP contribution >= 0.6 is 0 Å². The molecular weight excluding hydrogens is 418 g/mol. The predicted octanol–water partition coefficient (Wildman–Crippen LogP) is 3.00. The molecule has 168 valence electrons. The molecule has 2 heterocycles. The zero-order valence-electron chi connectivity index (χ0n) is 18.8. The first kappa shape index (κ1) is 20.8. The fraction of sp³-hybridized carbons (Fsp3) is 0.240. The Morgan fingerprint density at radius 2 is 1.58 bits per heavy atom. The van der Waals surface area contributed by atoms with Gasteiger partial charge in [0, 0.05) is 33.3 Å². The number of hydrogen-bond acceptors (Lipinski definition) is 5. The van der Waals surface area contributed by atoms with Gasteiger partial charge in [-0.3, -0.25) is 18.7 Å². The van der Waals surface area contributed by atoms with Gasteiger partial charge in [-0.25, -0.2) is 9.36 Å². The molecule has 4 aromatic rings. The summed E-state index contributed by atoms with van der Waals surface area (Å²) < 4.78 is 4.17. The highest BCUT2D eigenvalue weighted by atomic mass is 16.2. The Labute approximate surface area is 189 Å². The molecule has 0 saturated heterocycles. The minimum absolute atomic E-state index is 0.122. The predicted molar refractivity (Wildman–Crippen MR) is 131 cm³/mol. The highest BCUT2D eigenvalue weighted by Gasteiger charge is 2.31. The first-order valence-corrected chi connectivity index (χ1v) is 10.9. The Balaban J connectivity index is 1.90. The Morgan fingerprint density at radius 3 is 2.24 bits per heavy atom. The van der Waals surface area contributed by atoms with Gasteiger partial charge in [0.15, 0.2) is 0 Å². The third-order valence-corrected chi connectivity index (χ3v) is 6.03. The van der Waals surface area contributed by atoms with E-state index in [1.807, 2.05) is 61.5 Å². The van der Waals surface area contributed by atoms with Gasteiger partial charge in [0.2, 0.25) is 0 Å². The topological polar surface area (TPSA) is 81.3 Å². The summed E-state index contributed by atoms with van der Waals surface area (Å²) >= 11 is 0. The summed E-state index contributed by atoms with van der Waals surface area (Å²) in [4.78, 5) is 42.2. The Hall–Kier alpha value is -4.07. The smallest absolute Gasteiger partial charge is 0.337 e. The van der Waals surface area contributed by atoms with Crippen LogP contribution < -0.4 is 27.0 Å². The number of para-hydroxylation sites is 3. The van der Waals surface area contributed by atoms with Crippen molar-refractivity contribution < 1.29 is 0 Å². The van der Waals surface area contributed by atoms with Crippen molar-refractivity contribution in [3.05, 3.63) is 91.9 Å². The van der Waals surface area contributed by atoms with E-state index >= 15 is 0 Å². The number of fused-ring (bicyclic) bond motifs is 1. The first-order chi connectivity index (χ1) is 15.9. The van der Waals surface area contributed by atoms with Gasteiger partial charge in [-0.2, -0.15) is 0 Å². The maximum Gasteiger partial charge on any atom is 0.337 e. The highest BCUT2D eigenvalue weighted by molar-refractivity contribution is 5.93. The number of hydrogen-bond donors (Lipinski definition) is 1. The van der Waals surface area contributed by atoms with Crippen LogP contribution in [0.3, 0.4) is 0 Å². The SMILES string of the molecule is CN(C)c1ccccc1Nc1cc(=O)n(C)c2c1c(=O)n(C1CC1)c(=O)n2-c1ccccc1. The van der Waals surface area contributed by atoms with Crippen LogP contribution in [-0.4, -0.2) is 27.8 Å².